The monoisotopic (exact) mass is 291 g/mol. The smallest absolute Gasteiger partial charge is 0.229 e. The van der Waals surface area contributed by atoms with Gasteiger partial charge < -0.3 is 24.5 Å². The highest BCUT2D eigenvalue weighted by Gasteiger charge is 2.27. The summed E-state index contributed by atoms with van der Waals surface area (Å²) >= 11 is 0. The lowest BCUT2D eigenvalue weighted by Crippen LogP contribution is -2.25. The van der Waals surface area contributed by atoms with Crippen LogP contribution in [-0.4, -0.2) is 36.5 Å². The fourth-order valence-corrected chi connectivity index (χ4v) is 2.09. The van der Waals surface area contributed by atoms with Gasteiger partial charge in [-0.25, -0.2) is 0 Å². The van der Waals surface area contributed by atoms with Gasteiger partial charge in [0, 0.05) is 13.7 Å². The molecule has 2 unspecified atom stereocenters. The predicted octanol–water partition coefficient (Wildman–Crippen LogP) is 1.10. The first kappa shape index (κ1) is 13.8. The van der Waals surface area contributed by atoms with Gasteiger partial charge >= 0.3 is 0 Å². The fraction of sp³-hybridized carbons (Fsp3) is 0.429. The summed E-state index contributed by atoms with van der Waals surface area (Å²) in [6.07, 6.45) is -0.0386. The van der Waals surface area contributed by atoms with Crippen LogP contribution in [0.3, 0.4) is 0 Å². The third-order valence-electron chi connectivity index (χ3n) is 3.28. The highest BCUT2D eigenvalue weighted by molar-refractivity contribution is 5.40. The van der Waals surface area contributed by atoms with Crippen molar-refractivity contribution in [3.8, 4) is 11.5 Å². The van der Waals surface area contributed by atoms with Crippen LogP contribution in [0.15, 0.2) is 28.8 Å². The van der Waals surface area contributed by atoms with E-state index in [1.165, 1.54) is 0 Å². The van der Waals surface area contributed by atoms with Crippen LogP contribution in [0.4, 0.5) is 0 Å². The lowest BCUT2D eigenvalue weighted by Gasteiger charge is -2.24. The van der Waals surface area contributed by atoms with Crippen LogP contribution in [0.2, 0.25) is 0 Å². The van der Waals surface area contributed by atoms with Crippen LogP contribution in [0.5, 0.6) is 11.5 Å². The molecule has 0 bridgehead atoms. The van der Waals surface area contributed by atoms with Crippen molar-refractivity contribution in [2.24, 2.45) is 5.73 Å². The van der Waals surface area contributed by atoms with Gasteiger partial charge in [-0.05, 0) is 12.1 Å². The van der Waals surface area contributed by atoms with Crippen LogP contribution in [0.1, 0.15) is 17.8 Å². The molecule has 2 heterocycles. The van der Waals surface area contributed by atoms with E-state index in [4.69, 9.17) is 24.5 Å². The third kappa shape index (κ3) is 2.98. The van der Waals surface area contributed by atoms with Gasteiger partial charge in [-0.1, -0.05) is 17.3 Å². The van der Waals surface area contributed by atoms with Crippen molar-refractivity contribution in [2.75, 3.05) is 20.3 Å². The quantitative estimate of drug-likeness (QED) is 0.881. The number of hydrogen-bond donors (Lipinski definition) is 1. The maximum atomic E-state index is 5.82. The van der Waals surface area contributed by atoms with Crippen molar-refractivity contribution < 1.29 is 18.7 Å². The molecule has 0 radical (unpaired) electrons. The van der Waals surface area contributed by atoms with Gasteiger partial charge in [-0.15, -0.1) is 0 Å². The summed E-state index contributed by atoms with van der Waals surface area (Å²) in [6.45, 7) is 0.741. The van der Waals surface area contributed by atoms with E-state index in [-0.39, 0.29) is 12.2 Å². The highest BCUT2D eigenvalue weighted by atomic mass is 16.6. The van der Waals surface area contributed by atoms with E-state index >= 15 is 0 Å². The van der Waals surface area contributed by atoms with Gasteiger partial charge in [0.1, 0.15) is 6.61 Å². The molecular formula is C14H17N3O4. The van der Waals surface area contributed by atoms with Gasteiger partial charge in [-0.3, -0.25) is 0 Å². The van der Waals surface area contributed by atoms with Crippen molar-refractivity contribution in [3.63, 3.8) is 0 Å². The molecule has 1 aliphatic heterocycles. The number of nitrogens with zero attached hydrogens (tertiary/aromatic N) is 2. The summed E-state index contributed by atoms with van der Waals surface area (Å²) in [6, 6.07) is 7.48. The summed E-state index contributed by atoms with van der Waals surface area (Å²) in [5.74, 6) is 2.34. The second-order valence-electron chi connectivity index (χ2n) is 4.71. The number of hydrogen-bond acceptors (Lipinski definition) is 7. The van der Waals surface area contributed by atoms with Crippen molar-refractivity contribution in [3.05, 3.63) is 36.0 Å². The topological polar surface area (TPSA) is 92.6 Å². The van der Waals surface area contributed by atoms with Crippen LogP contribution in [-0.2, 0) is 11.2 Å². The number of fused-ring (bicyclic) bond motifs is 1. The van der Waals surface area contributed by atoms with Crippen molar-refractivity contribution in [1.82, 2.24) is 10.1 Å². The number of benzene rings is 1. The van der Waals surface area contributed by atoms with E-state index < -0.39 is 0 Å². The van der Waals surface area contributed by atoms with E-state index in [1.54, 1.807) is 7.11 Å². The Bertz CT molecular complexity index is 597. The maximum absolute atomic E-state index is 5.82. The first-order valence-corrected chi connectivity index (χ1v) is 6.74. The zero-order chi connectivity index (χ0) is 14.7. The molecule has 3 rings (SSSR count). The molecule has 2 atom stereocenters. The second-order valence-corrected chi connectivity index (χ2v) is 4.71. The minimum Gasteiger partial charge on any atom is -0.485 e. The van der Waals surface area contributed by atoms with Crippen molar-refractivity contribution in [2.45, 2.75) is 18.6 Å². The molecule has 7 heteroatoms. The number of aromatic nitrogens is 2. The fourth-order valence-electron chi connectivity index (χ4n) is 2.09. The summed E-state index contributed by atoms with van der Waals surface area (Å²) in [7, 11) is 1.60. The van der Waals surface area contributed by atoms with Crippen LogP contribution < -0.4 is 15.2 Å². The molecule has 21 heavy (non-hydrogen) atoms. The summed E-state index contributed by atoms with van der Waals surface area (Å²) in [4.78, 5) is 4.32. The second kappa shape index (κ2) is 6.11. The van der Waals surface area contributed by atoms with Gasteiger partial charge in [0.2, 0.25) is 11.7 Å². The first-order valence-electron chi connectivity index (χ1n) is 6.74. The number of ether oxygens (including phenoxy) is 3. The molecule has 2 aromatic rings. The van der Waals surface area contributed by atoms with E-state index in [0.29, 0.717) is 37.0 Å². The lowest BCUT2D eigenvalue weighted by atomic mass is 10.2. The molecule has 0 amide bonds. The SMILES string of the molecule is COC(CN)Cc1nc(C2COc3ccccc3O2)no1. The molecule has 0 saturated heterocycles. The largest absolute Gasteiger partial charge is 0.485 e. The zero-order valence-electron chi connectivity index (χ0n) is 11.7. The van der Waals surface area contributed by atoms with Crippen molar-refractivity contribution >= 4 is 0 Å². The Kier molecular flexibility index (Phi) is 4.03. The number of para-hydroxylation sites is 2. The molecule has 0 aliphatic carbocycles. The summed E-state index contributed by atoms with van der Waals surface area (Å²) in [5, 5.41) is 3.95. The molecular weight excluding hydrogens is 274 g/mol. The first-order chi connectivity index (χ1) is 10.3. The Morgan fingerprint density at radius 1 is 1.38 bits per heavy atom. The van der Waals surface area contributed by atoms with E-state index in [1.807, 2.05) is 24.3 Å². The minimum absolute atomic E-state index is 0.137. The number of methoxy groups -OCH3 is 1. The average Bonchev–Trinajstić information content (AvgIpc) is 3.00. The predicted molar refractivity (Wildman–Crippen MR) is 73.2 cm³/mol. The Labute approximate surface area is 122 Å². The third-order valence-corrected chi connectivity index (χ3v) is 3.28. The molecule has 2 N–H and O–H groups in total. The van der Waals surface area contributed by atoms with E-state index in [9.17, 15) is 0 Å². The molecule has 1 aromatic heterocycles. The maximum Gasteiger partial charge on any atom is 0.229 e. The number of nitrogens with two attached hydrogens (primary N) is 1. The summed E-state index contributed by atoms with van der Waals surface area (Å²) < 4.78 is 21.9. The van der Waals surface area contributed by atoms with Gasteiger partial charge in [0.15, 0.2) is 17.6 Å². The lowest BCUT2D eigenvalue weighted by molar-refractivity contribution is 0.0831. The van der Waals surface area contributed by atoms with Gasteiger partial charge in [0.05, 0.1) is 12.5 Å². The van der Waals surface area contributed by atoms with Gasteiger partial charge in [0.25, 0.3) is 0 Å². The number of rotatable bonds is 5. The van der Waals surface area contributed by atoms with E-state index in [0.717, 1.165) is 5.75 Å². The molecule has 0 fully saturated rings. The van der Waals surface area contributed by atoms with Gasteiger partial charge in [-0.2, -0.15) is 4.98 Å². The average molecular weight is 291 g/mol. The molecule has 112 valence electrons. The zero-order valence-corrected chi connectivity index (χ0v) is 11.7. The molecule has 1 aliphatic rings. The molecule has 0 saturated carbocycles. The van der Waals surface area contributed by atoms with Crippen LogP contribution >= 0.6 is 0 Å². The van der Waals surface area contributed by atoms with Crippen LogP contribution in [0.25, 0.3) is 0 Å². The molecule has 0 spiro atoms. The Hall–Kier alpha value is -2.12. The highest BCUT2D eigenvalue weighted by Crippen LogP contribution is 2.35. The van der Waals surface area contributed by atoms with E-state index in [2.05, 4.69) is 10.1 Å². The van der Waals surface area contributed by atoms with Crippen LogP contribution in [0, 0.1) is 0 Å². The Morgan fingerprint density at radius 3 is 2.95 bits per heavy atom. The van der Waals surface area contributed by atoms with Crippen molar-refractivity contribution in [1.29, 1.82) is 0 Å². The summed E-state index contributed by atoms with van der Waals surface area (Å²) in [5.41, 5.74) is 5.57. The molecule has 1 aromatic carbocycles. The normalized spacial score (nSPS) is 18.5. The minimum atomic E-state index is -0.378. The Morgan fingerprint density at radius 2 is 2.19 bits per heavy atom. The molecule has 7 nitrogen and oxygen atoms in total. The Balaban J connectivity index is 1.70. The standard InChI is InChI=1S/C14H17N3O4/c1-18-9(7-15)6-13-16-14(17-21-13)12-8-19-10-4-2-3-5-11(10)20-12/h2-5,9,12H,6-8,15H2,1H3.